The van der Waals surface area contributed by atoms with Gasteiger partial charge in [0.15, 0.2) is 0 Å². The molecular formula is C12H12ClN3O3. The molecule has 1 aromatic rings. The molecule has 2 heterocycles. The average molecular weight is 282 g/mol. The Morgan fingerprint density at radius 3 is 2.68 bits per heavy atom. The third-order valence-electron chi connectivity index (χ3n) is 3.00. The molecule has 1 aliphatic rings. The highest BCUT2D eigenvalue weighted by Gasteiger charge is 2.43. The summed E-state index contributed by atoms with van der Waals surface area (Å²) in [5.74, 6) is -1.43. The molecule has 0 radical (unpaired) electrons. The zero-order chi connectivity index (χ0) is 14.2. The highest BCUT2D eigenvalue weighted by atomic mass is 35.5. The van der Waals surface area contributed by atoms with E-state index in [1.165, 1.54) is 23.2 Å². The highest BCUT2D eigenvalue weighted by molar-refractivity contribution is 6.29. The van der Waals surface area contributed by atoms with E-state index in [2.05, 4.69) is 10.3 Å². The molecule has 6 nitrogen and oxygen atoms in total. The minimum absolute atomic E-state index is 0.166. The van der Waals surface area contributed by atoms with Crippen LogP contribution < -0.4 is 5.32 Å². The summed E-state index contributed by atoms with van der Waals surface area (Å²) in [6.45, 7) is 2.99. The first-order valence-electron chi connectivity index (χ1n) is 5.60. The van der Waals surface area contributed by atoms with E-state index >= 15 is 0 Å². The smallest absolute Gasteiger partial charge is 0.256 e. The number of nitrogens with one attached hydrogen (secondary N) is 1. The fourth-order valence-electron chi connectivity index (χ4n) is 1.77. The number of hydrogen-bond acceptors (Lipinski definition) is 4. The van der Waals surface area contributed by atoms with Crippen molar-refractivity contribution in [2.24, 2.45) is 0 Å². The van der Waals surface area contributed by atoms with E-state index in [0.717, 1.165) is 0 Å². The van der Waals surface area contributed by atoms with E-state index in [9.17, 15) is 14.4 Å². The molecule has 2 rings (SSSR count). The van der Waals surface area contributed by atoms with Crippen LogP contribution >= 0.6 is 11.6 Å². The van der Waals surface area contributed by atoms with Gasteiger partial charge < -0.3 is 4.90 Å². The van der Waals surface area contributed by atoms with Crippen molar-refractivity contribution in [2.45, 2.75) is 19.4 Å². The molecule has 100 valence electrons. The summed E-state index contributed by atoms with van der Waals surface area (Å²) in [5.41, 5.74) is -0.815. The molecule has 1 aliphatic heterocycles. The third-order valence-corrected chi connectivity index (χ3v) is 3.23. The van der Waals surface area contributed by atoms with Gasteiger partial charge in [0, 0.05) is 6.20 Å². The van der Waals surface area contributed by atoms with Gasteiger partial charge in [-0.15, -0.1) is 0 Å². The minimum atomic E-state index is -1.09. The van der Waals surface area contributed by atoms with E-state index in [0.29, 0.717) is 0 Å². The minimum Gasteiger partial charge on any atom is -0.315 e. The van der Waals surface area contributed by atoms with E-state index in [4.69, 9.17) is 11.6 Å². The van der Waals surface area contributed by atoms with Gasteiger partial charge in [-0.3, -0.25) is 19.7 Å². The second kappa shape index (κ2) is 4.62. The van der Waals surface area contributed by atoms with Gasteiger partial charge in [-0.25, -0.2) is 4.98 Å². The predicted molar refractivity (Wildman–Crippen MR) is 67.5 cm³/mol. The van der Waals surface area contributed by atoms with Crippen molar-refractivity contribution >= 4 is 29.3 Å². The van der Waals surface area contributed by atoms with Crippen LogP contribution in [0, 0.1) is 0 Å². The van der Waals surface area contributed by atoms with Gasteiger partial charge in [0.25, 0.3) is 11.8 Å². The molecule has 0 aliphatic carbocycles. The van der Waals surface area contributed by atoms with Crippen molar-refractivity contribution in [3.8, 4) is 0 Å². The summed E-state index contributed by atoms with van der Waals surface area (Å²) in [4.78, 5) is 40.5. The number of carbonyl (C=O) groups excluding carboxylic acids is 3. The lowest BCUT2D eigenvalue weighted by Gasteiger charge is -2.40. The number of aromatic nitrogens is 1. The number of carbonyl (C=O) groups is 3. The molecule has 1 fully saturated rings. The topological polar surface area (TPSA) is 79.4 Å². The Morgan fingerprint density at radius 2 is 2.11 bits per heavy atom. The largest absolute Gasteiger partial charge is 0.315 e. The number of rotatable bonds is 1. The Morgan fingerprint density at radius 1 is 1.42 bits per heavy atom. The number of imide groups is 1. The molecule has 0 unspecified atom stereocenters. The molecule has 0 saturated carbocycles. The normalized spacial score (nSPS) is 18.2. The van der Waals surface area contributed by atoms with Gasteiger partial charge in [0.1, 0.15) is 17.2 Å². The summed E-state index contributed by atoms with van der Waals surface area (Å²) in [6.07, 6.45) is 1.32. The van der Waals surface area contributed by atoms with Crippen molar-refractivity contribution in [3.05, 3.63) is 29.0 Å². The van der Waals surface area contributed by atoms with Crippen molar-refractivity contribution in [3.63, 3.8) is 0 Å². The van der Waals surface area contributed by atoms with E-state index in [1.54, 1.807) is 13.8 Å². The summed E-state index contributed by atoms with van der Waals surface area (Å²) in [5, 5.41) is 2.47. The Labute approximate surface area is 114 Å². The zero-order valence-electron chi connectivity index (χ0n) is 10.4. The molecule has 7 heteroatoms. The lowest BCUT2D eigenvalue weighted by molar-refractivity contribution is -0.143. The quantitative estimate of drug-likeness (QED) is 0.604. The maximum Gasteiger partial charge on any atom is 0.256 e. The van der Waals surface area contributed by atoms with E-state index < -0.39 is 23.3 Å². The number of pyridine rings is 1. The lowest BCUT2D eigenvalue weighted by atomic mass is 9.97. The third kappa shape index (κ3) is 2.44. The standard InChI is InChI=1S/C12H12ClN3O3/c1-12(2)11(19)15-9(17)6-16(12)10(18)7-3-4-8(13)14-5-7/h3-5H,6H2,1-2H3,(H,15,17,19). The Hall–Kier alpha value is -1.95. The SMILES string of the molecule is CC1(C)C(=O)NC(=O)CN1C(=O)c1ccc(Cl)nc1. The van der Waals surface area contributed by atoms with Crippen molar-refractivity contribution < 1.29 is 14.4 Å². The van der Waals surface area contributed by atoms with Gasteiger partial charge >= 0.3 is 0 Å². The number of piperazine rings is 1. The van der Waals surface area contributed by atoms with Crippen LogP contribution in [-0.2, 0) is 9.59 Å². The number of nitrogens with zero attached hydrogens (tertiary/aromatic N) is 2. The van der Waals surface area contributed by atoms with Crippen LogP contribution in [0.3, 0.4) is 0 Å². The molecule has 0 atom stereocenters. The van der Waals surface area contributed by atoms with Crippen LogP contribution in [0.5, 0.6) is 0 Å². The predicted octanol–water partition coefficient (Wildman–Crippen LogP) is 0.612. The molecule has 0 bridgehead atoms. The van der Waals surface area contributed by atoms with Crippen molar-refractivity contribution in [1.29, 1.82) is 0 Å². The fourth-order valence-corrected chi connectivity index (χ4v) is 1.88. The summed E-state index contributed by atoms with van der Waals surface area (Å²) < 4.78 is 0. The Bertz CT molecular complexity index is 554. The highest BCUT2D eigenvalue weighted by Crippen LogP contribution is 2.21. The Balaban J connectivity index is 2.33. The zero-order valence-corrected chi connectivity index (χ0v) is 11.2. The molecule has 0 aromatic carbocycles. The number of halogens is 1. The summed E-state index contributed by atoms with van der Waals surface area (Å²) >= 11 is 5.65. The maximum absolute atomic E-state index is 12.3. The molecule has 0 spiro atoms. The molecule has 1 N–H and O–H groups in total. The molecule has 1 aromatic heterocycles. The van der Waals surface area contributed by atoms with Crippen LogP contribution in [0.1, 0.15) is 24.2 Å². The first-order valence-corrected chi connectivity index (χ1v) is 5.98. The molecule has 1 saturated heterocycles. The van der Waals surface area contributed by atoms with Gasteiger partial charge in [-0.2, -0.15) is 0 Å². The molecule has 3 amide bonds. The monoisotopic (exact) mass is 281 g/mol. The maximum atomic E-state index is 12.3. The van der Waals surface area contributed by atoms with Gasteiger partial charge in [0.05, 0.1) is 5.56 Å². The van der Waals surface area contributed by atoms with Crippen molar-refractivity contribution in [2.75, 3.05) is 6.54 Å². The van der Waals surface area contributed by atoms with Crippen LogP contribution in [0.2, 0.25) is 5.15 Å². The van der Waals surface area contributed by atoms with Crippen LogP contribution in [0.15, 0.2) is 18.3 Å². The number of hydrogen-bond donors (Lipinski definition) is 1. The average Bonchev–Trinajstić information content (AvgIpc) is 2.34. The first-order chi connectivity index (χ1) is 8.82. The van der Waals surface area contributed by atoms with Crippen LogP contribution in [0.25, 0.3) is 0 Å². The summed E-state index contributed by atoms with van der Waals surface area (Å²) in [7, 11) is 0. The second-order valence-corrected chi connectivity index (χ2v) is 5.08. The second-order valence-electron chi connectivity index (χ2n) is 4.70. The van der Waals surface area contributed by atoms with Crippen LogP contribution in [0.4, 0.5) is 0 Å². The van der Waals surface area contributed by atoms with Crippen molar-refractivity contribution in [1.82, 2.24) is 15.2 Å². The molecular weight excluding hydrogens is 270 g/mol. The van der Waals surface area contributed by atoms with E-state index in [1.807, 2.05) is 0 Å². The molecule has 19 heavy (non-hydrogen) atoms. The lowest BCUT2D eigenvalue weighted by Crippen LogP contribution is -2.65. The van der Waals surface area contributed by atoms with Gasteiger partial charge in [-0.05, 0) is 26.0 Å². The van der Waals surface area contributed by atoms with E-state index in [-0.39, 0.29) is 17.3 Å². The fraction of sp³-hybridized carbons (Fsp3) is 0.333. The number of amides is 3. The Kier molecular flexibility index (Phi) is 3.28. The first kappa shape index (κ1) is 13.5. The van der Waals surface area contributed by atoms with Crippen LogP contribution in [-0.4, -0.2) is 39.7 Å². The summed E-state index contributed by atoms with van der Waals surface area (Å²) in [6, 6.07) is 2.98. The van der Waals surface area contributed by atoms with Gasteiger partial charge in [0.2, 0.25) is 5.91 Å². The van der Waals surface area contributed by atoms with Gasteiger partial charge in [-0.1, -0.05) is 11.6 Å².